The highest BCUT2D eigenvalue weighted by molar-refractivity contribution is 5.90. The summed E-state index contributed by atoms with van der Waals surface area (Å²) in [6.07, 6.45) is 4.47. The summed E-state index contributed by atoms with van der Waals surface area (Å²) < 4.78 is 1.75. The molecule has 1 atom stereocenters. The number of aromatic nitrogens is 4. The third kappa shape index (κ3) is 2.58. The second-order valence-corrected chi connectivity index (χ2v) is 5.14. The maximum Gasteiger partial charge on any atom is 0.293 e. The second-order valence-electron chi connectivity index (χ2n) is 5.14. The molecule has 0 spiro atoms. The molecule has 3 heterocycles. The van der Waals surface area contributed by atoms with E-state index in [0.29, 0.717) is 5.95 Å². The Kier molecular flexibility index (Phi) is 3.55. The molecule has 1 amide bonds. The fourth-order valence-corrected chi connectivity index (χ4v) is 2.33. The first-order valence-electron chi connectivity index (χ1n) is 7.02. The lowest BCUT2D eigenvalue weighted by atomic mass is 10.1. The molecule has 0 bridgehead atoms. The number of rotatable bonds is 3. The number of pyridine rings is 1. The van der Waals surface area contributed by atoms with E-state index in [2.05, 4.69) is 20.4 Å². The molecular weight excluding hydrogens is 268 g/mol. The molecular formula is C14H18N6O. The van der Waals surface area contributed by atoms with Crippen molar-refractivity contribution < 1.29 is 4.79 Å². The number of hydrogen-bond acceptors (Lipinski definition) is 5. The standard InChI is InChI=1S/C14H18N6O/c1-10(11-5-3-6-15-9-11)19(2)13(21)12-17-14-16-7-4-8-20(14)18-12/h3,5-6,9-10H,4,7-8H2,1-2H3,(H,16,17,18). The van der Waals surface area contributed by atoms with Gasteiger partial charge in [-0.2, -0.15) is 4.98 Å². The molecule has 7 heteroatoms. The molecule has 1 aliphatic heterocycles. The lowest BCUT2D eigenvalue weighted by Crippen LogP contribution is -2.30. The van der Waals surface area contributed by atoms with Gasteiger partial charge in [-0.1, -0.05) is 6.07 Å². The Bertz CT molecular complexity index is 615. The minimum Gasteiger partial charge on any atom is -0.354 e. The molecule has 0 radical (unpaired) electrons. The van der Waals surface area contributed by atoms with E-state index in [1.165, 1.54) is 0 Å². The quantitative estimate of drug-likeness (QED) is 0.921. The van der Waals surface area contributed by atoms with Gasteiger partial charge < -0.3 is 10.2 Å². The zero-order valence-corrected chi connectivity index (χ0v) is 12.2. The van der Waals surface area contributed by atoms with Gasteiger partial charge in [0, 0.05) is 32.5 Å². The number of anilines is 1. The summed E-state index contributed by atoms with van der Waals surface area (Å²) >= 11 is 0. The van der Waals surface area contributed by atoms with Gasteiger partial charge in [0.1, 0.15) is 0 Å². The van der Waals surface area contributed by atoms with Crippen molar-refractivity contribution in [2.45, 2.75) is 25.9 Å². The normalized spacial score (nSPS) is 15.0. The van der Waals surface area contributed by atoms with Gasteiger partial charge in [-0.05, 0) is 25.0 Å². The molecule has 110 valence electrons. The number of nitrogens with one attached hydrogen (secondary N) is 1. The first kappa shape index (κ1) is 13.5. The number of amides is 1. The van der Waals surface area contributed by atoms with Gasteiger partial charge in [0.2, 0.25) is 11.8 Å². The summed E-state index contributed by atoms with van der Waals surface area (Å²) in [5, 5.41) is 7.43. The maximum absolute atomic E-state index is 12.5. The maximum atomic E-state index is 12.5. The average Bonchev–Trinajstić information content (AvgIpc) is 2.97. The fourth-order valence-electron chi connectivity index (χ4n) is 2.33. The minimum atomic E-state index is -0.185. The molecule has 7 nitrogen and oxygen atoms in total. The van der Waals surface area contributed by atoms with Crippen LogP contribution in [-0.2, 0) is 6.54 Å². The third-order valence-corrected chi connectivity index (χ3v) is 3.76. The zero-order chi connectivity index (χ0) is 14.8. The van der Waals surface area contributed by atoms with E-state index in [1.54, 1.807) is 29.0 Å². The molecule has 0 saturated heterocycles. The molecule has 3 rings (SSSR count). The third-order valence-electron chi connectivity index (χ3n) is 3.76. The van der Waals surface area contributed by atoms with Crippen LogP contribution in [-0.4, -0.2) is 44.1 Å². The molecule has 0 fully saturated rings. The number of nitrogens with zero attached hydrogens (tertiary/aromatic N) is 5. The van der Waals surface area contributed by atoms with Gasteiger partial charge in [0.15, 0.2) is 0 Å². The highest BCUT2D eigenvalue weighted by Crippen LogP contribution is 2.20. The number of carbonyl (C=O) groups excluding carboxylic acids is 1. The number of hydrogen-bond donors (Lipinski definition) is 1. The van der Waals surface area contributed by atoms with E-state index in [9.17, 15) is 4.79 Å². The molecule has 2 aromatic rings. The highest BCUT2D eigenvalue weighted by Gasteiger charge is 2.24. The number of carbonyl (C=O) groups is 1. The molecule has 0 aliphatic carbocycles. The van der Waals surface area contributed by atoms with Crippen LogP contribution < -0.4 is 5.32 Å². The van der Waals surface area contributed by atoms with Crippen molar-refractivity contribution in [2.24, 2.45) is 0 Å². The molecule has 0 aromatic carbocycles. The van der Waals surface area contributed by atoms with Gasteiger partial charge in [-0.25, -0.2) is 4.68 Å². The van der Waals surface area contributed by atoms with Crippen LogP contribution >= 0.6 is 0 Å². The largest absolute Gasteiger partial charge is 0.354 e. The number of aryl methyl sites for hydroxylation is 1. The van der Waals surface area contributed by atoms with Crippen molar-refractivity contribution in [1.82, 2.24) is 24.6 Å². The van der Waals surface area contributed by atoms with E-state index in [4.69, 9.17) is 0 Å². The van der Waals surface area contributed by atoms with Gasteiger partial charge >= 0.3 is 0 Å². The summed E-state index contributed by atoms with van der Waals surface area (Å²) in [6, 6.07) is 3.73. The van der Waals surface area contributed by atoms with Crippen LogP contribution in [0, 0.1) is 0 Å². The monoisotopic (exact) mass is 286 g/mol. The molecule has 21 heavy (non-hydrogen) atoms. The average molecular weight is 286 g/mol. The van der Waals surface area contributed by atoms with Crippen LogP contribution in [0.25, 0.3) is 0 Å². The van der Waals surface area contributed by atoms with Gasteiger partial charge in [-0.3, -0.25) is 9.78 Å². The Balaban J connectivity index is 1.79. The van der Waals surface area contributed by atoms with Crippen molar-refractivity contribution in [3.63, 3.8) is 0 Å². The van der Waals surface area contributed by atoms with Crippen LogP contribution in [0.3, 0.4) is 0 Å². The van der Waals surface area contributed by atoms with Crippen molar-refractivity contribution in [2.75, 3.05) is 18.9 Å². The van der Waals surface area contributed by atoms with Crippen molar-refractivity contribution >= 4 is 11.9 Å². The zero-order valence-electron chi connectivity index (χ0n) is 12.2. The van der Waals surface area contributed by atoms with Crippen LogP contribution in [0.2, 0.25) is 0 Å². The van der Waals surface area contributed by atoms with E-state index in [1.807, 2.05) is 19.1 Å². The van der Waals surface area contributed by atoms with Crippen molar-refractivity contribution in [1.29, 1.82) is 0 Å². The minimum absolute atomic E-state index is 0.0836. The van der Waals surface area contributed by atoms with E-state index in [0.717, 1.165) is 25.1 Å². The van der Waals surface area contributed by atoms with Gasteiger partial charge in [-0.15, -0.1) is 5.10 Å². The topological polar surface area (TPSA) is 75.9 Å². The van der Waals surface area contributed by atoms with Crippen molar-refractivity contribution in [3.8, 4) is 0 Å². The summed E-state index contributed by atoms with van der Waals surface area (Å²) in [7, 11) is 1.76. The van der Waals surface area contributed by atoms with Gasteiger partial charge in [0.05, 0.1) is 6.04 Å². The first-order valence-corrected chi connectivity index (χ1v) is 7.02. The Labute approximate surface area is 123 Å². The first-order chi connectivity index (χ1) is 10.2. The summed E-state index contributed by atoms with van der Waals surface area (Å²) in [4.78, 5) is 22.5. The number of fused-ring (bicyclic) bond motifs is 1. The SMILES string of the molecule is CC(c1cccnc1)N(C)C(=O)c1nc2n(n1)CCCN2. The summed E-state index contributed by atoms with van der Waals surface area (Å²) in [5.74, 6) is 0.722. The van der Waals surface area contributed by atoms with Crippen LogP contribution in [0.15, 0.2) is 24.5 Å². The molecule has 1 aliphatic rings. The predicted octanol–water partition coefficient (Wildman–Crippen LogP) is 1.32. The van der Waals surface area contributed by atoms with E-state index < -0.39 is 0 Å². The Morgan fingerprint density at radius 2 is 2.38 bits per heavy atom. The fraction of sp³-hybridized carbons (Fsp3) is 0.429. The Hall–Kier alpha value is -2.44. The lowest BCUT2D eigenvalue weighted by Gasteiger charge is -2.23. The molecule has 2 aromatic heterocycles. The predicted molar refractivity (Wildman–Crippen MR) is 77.9 cm³/mol. The van der Waals surface area contributed by atoms with Crippen LogP contribution in [0.4, 0.5) is 5.95 Å². The highest BCUT2D eigenvalue weighted by atomic mass is 16.2. The molecule has 1 N–H and O–H groups in total. The van der Waals surface area contributed by atoms with Crippen molar-refractivity contribution in [3.05, 3.63) is 35.9 Å². The lowest BCUT2D eigenvalue weighted by molar-refractivity contribution is 0.0729. The van der Waals surface area contributed by atoms with Crippen LogP contribution in [0.5, 0.6) is 0 Å². The second kappa shape index (κ2) is 5.51. The smallest absolute Gasteiger partial charge is 0.293 e. The van der Waals surface area contributed by atoms with E-state index in [-0.39, 0.29) is 17.8 Å². The summed E-state index contributed by atoms with van der Waals surface area (Å²) in [5.41, 5.74) is 0.982. The Morgan fingerprint density at radius 3 is 3.10 bits per heavy atom. The Morgan fingerprint density at radius 1 is 1.52 bits per heavy atom. The molecule has 0 saturated carbocycles. The molecule has 1 unspecified atom stereocenters. The van der Waals surface area contributed by atoms with E-state index >= 15 is 0 Å². The summed E-state index contributed by atoms with van der Waals surface area (Å²) in [6.45, 7) is 3.63. The van der Waals surface area contributed by atoms with Crippen LogP contribution in [0.1, 0.15) is 35.6 Å². The van der Waals surface area contributed by atoms with Gasteiger partial charge in [0.25, 0.3) is 5.91 Å².